The summed E-state index contributed by atoms with van der Waals surface area (Å²) in [6, 6.07) is 0. The van der Waals surface area contributed by atoms with Gasteiger partial charge in [-0.25, -0.2) is 9.59 Å². The number of aliphatic hydroxyl groups excluding tert-OH is 1. The third kappa shape index (κ3) is 4.92. The van der Waals surface area contributed by atoms with E-state index in [4.69, 9.17) is 18.9 Å². The summed E-state index contributed by atoms with van der Waals surface area (Å²) < 4.78 is 21.2. The number of aliphatic hydroxyl groups is 1. The van der Waals surface area contributed by atoms with Crippen molar-refractivity contribution in [1.82, 2.24) is 4.90 Å². The van der Waals surface area contributed by atoms with Crippen molar-refractivity contribution >= 4 is 29.8 Å². The van der Waals surface area contributed by atoms with Gasteiger partial charge < -0.3 is 24.1 Å². The summed E-state index contributed by atoms with van der Waals surface area (Å²) in [5.41, 5.74) is 0.185. The fraction of sp³-hybridized carbons (Fsp3) is 0.773. The molecule has 3 heterocycles. The number of allylic oxidation sites excluding steroid dienone is 1. The highest BCUT2D eigenvalue weighted by Crippen LogP contribution is 2.52. The zero-order chi connectivity index (χ0) is 22.8. The topological polar surface area (TPSA) is 112 Å². The van der Waals surface area contributed by atoms with Gasteiger partial charge in [-0.2, -0.15) is 0 Å². The number of carbonyl (C=O) groups excluding carboxylic acids is 3. The minimum Gasteiger partial charge on any atom is -0.431 e. The summed E-state index contributed by atoms with van der Waals surface area (Å²) in [7, 11) is 0. The Morgan fingerprint density at radius 2 is 1.94 bits per heavy atom. The van der Waals surface area contributed by atoms with Crippen LogP contribution in [0.5, 0.6) is 0 Å². The molecule has 0 radical (unpaired) electrons. The number of carbonyl (C=O) groups is 3. The molecule has 4 rings (SSSR count). The number of β-lactam (4-membered cyclic amide) rings is 1. The lowest BCUT2D eigenvalue weighted by atomic mass is 9.92. The Morgan fingerprint density at radius 3 is 2.59 bits per heavy atom. The van der Waals surface area contributed by atoms with Gasteiger partial charge in [-0.3, -0.25) is 9.69 Å². The van der Waals surface area contributed by atoms with E-state index in [0.717, 1.165) is 43.4 Å². The minimum absolute atomic E-state index is 0.162. The maximum absolute atomic E-state index is 13.0. The van der Waals surface area contributed by atoms with Crippen LogP contribution in [-0.4, -0.2) is 65.1 Å². The number of rotatable bonds is 7. The van der Waals surface area contributed by atoms with Gasteiger partial charge in [-0.05, 0) is 51.4 Å². The van der Waals surface area contributed by atoms with Gasteiger partial charge in [0.15, 0.2) is 0 Å². The van der Waals surface area contributed by atoms with E-state index in [1.807, 2.05) is 0 Å². The molecule has 1 saturated carbocycles. The lowest BCUT2D eigenvalue weighted by Crippen LogP contribution is -2.60. The Bertz CT molecular complexity index is 772. The second kappa shape index (κ2) is 10.0. The Morgan fingerprint density at radius 1 is 1.19 bits per heavy atom. The zero-order valence-corrected chi connectivity index (χ0v) is 19.3. The summed E-state index contributed by atoms with van der Waals surface area (Å²) in [5.74, 6) is -1.31. The molecule has 3 aliphatic heterocycles. The van der Waals surface area contributed by atoms with Crippen molar-refractivity contribution in [2.45, 2.75) is 82.7 Å². The molecule has 5 atom stereocenters. The van der Waals surface area contributed by atoms with E-state index in [2.05, 4.69) is 0 Å². The molecule has 0 aromatic rings. The molecule has 10 heteroatoms. The second-order valence-corrected chi connectivity index (χ2v) is 10.1. The van der Waals surface area contributed by atoms with Gasteiger partial charge in [0.05, 0.1) is 12.0 Å². The van der Waals surface area contributed by atoms with Crippen LogP contribution in [0.15, 0.2) is 10.6 Å². The first-order valence-electron chi connectivity index (χ1n) is 11.4. The molecular weight excluding hydrogens is 438 g/mol. The predicted molar refractivity (Wildman–Crippen MR) is 114 cm³/mol. The van der Waals surface area contributed by atoms with Gasteiger partial charge in [-0.1, -0.05) is 6.42 Å². The first kappa shape index (κ1) is 23.4. The summed E-state index contributed by atoms with van der Waals surface area (Å²) in [6.07, 6.45) is 3.29. The first-order valence-corrected chi connectivity index (χ1v) is 12.3. The smallest absolute Gasteiger partial charge is 0.431 e. The molecule has 32 heavy (non-hydrogen) atoms. The number of esters is 1. The average molecular weight is 470 g/mol. The van der Waals surface area contributed by atoms with Crippen molar-refractivity contribution in [1.29, 1.82) is 0 Å². The molecule has 9 nitrogen and oxygen atoms in total. The van der Waals surface area contributed by atoms with Crippen molar-refractivity contribution in [3.8, 4) is 0 Å². The maximum atomic E-state index is 13.0. The number of hydrogen-bond acceptors (Lipinski definition) is 9. The number of fused-ring (bicyclic) bond motifs is 1. The van der Waals surface area contributed by atoms with E-state index >= 15 is 0 Å². The van der Waals surface area contributed by atoms with Crippen LogP contribution < -0.4 is 0 Å². The van der Waals surface area contributed by atoms with E-state index in [0.29, 0.717) is 19.6 Å². The van der Waals surface area contributed by atoms with E-state index in [1.54, 1.807) is 6.92 Å². The molecule has 1 amide bonds. The van der Waals surface area contributed by atoms with Crippen molar-refractivity contribution in [2.24, 2.45) is 11.8 Å². The van der Waals surface area contributed by atoms with Gasteiger partial charge in [0.1, 0.15) is 17.2 Å². The Balaban J connectivity index is 1.39. The first-order chi connectivity index (χ1) is 15.3. The van der Waals surface area contributed by atoms with Crippen LogP contribution in [0.25, 0.3) is 0 Å². The third-order valence-corrected chi connectivity index (χ3v) is 7.80. The van der Waals surface area contributed by atoms with Gasteiger partial charge in [0.2, 0.25) is 12.2 Å². The molecule has 1 N–H and O–H groups in total. The number of thioether (sulfide) groups is 1. The summed E-state index contributed by atoms with van der Waals surface area (Å²) in [5, 5.41) is 9.65. The number of nitrogens with zero attached hydrogens (tertiary/aromatic N) is 1. The fourth-order valence-electron chi connectivity index (χ4n) is 4.71. The highest BCUT2D eigenvalue weighted by molar-refractivity contribution is 8.04. The Kier molecular flexibility index (Phi) is 7.31. The lowest BCUT2D eigenvalue weighted by Gasteiger charge is -2.43. The van der Waals surface area contributed by atoms with Crippen LogP contribution in [0.3, 0.4) is 0 Å². The minimum atomic E-state index is -1.16. The quantitative estimate of drug-likeness (QED) is 0.342. The Labute approximate surface area is 191 Å². The molecule has 0 bridgehead atoms. The highest BCUT2D eigenvalue weighted by Gasteiger charge is 2.58. The molecule has 178 valence electrons. The van der Waals surface area contributed by atoms with Crippen LogP contribution in [0.1, 0.15) is 58.8 Å². The third-order valence-electron chi connectivity index (χ3n) is 6.41. The fourth-order valence-corrected chi connectivity index (χ4v) is 6.43. The lowest BCUT2D eigenvalue weighted by molar-refractivity contribution is -0.171. The monoisotopic (exact) mass is 469 g/mol. The highest BCUT2D eigenvalue weighted by atomic mass is 32.2. The molecule has 0 aromatic carbocycles. The Hall–Kier alpha value is -1.78. The van der Waals surface area contributed by atoms with Crippen LogP contribution in [-0.2, 0) is 28.5 Å². The van der Waals surface area contributed by atoms with E-state index in [-0.39, 0.29) is 29.0 Å². The number of amides is 1. The standard InChI is InChI=1S/C22H31NO8S/c1-12(24)17-19(25)23-18(16(32-20(17)23)10-14-8-9-28-11-14)21(26)29-13(2)30-22(27)31-15-6-4-3-5-7-15/h12-15,17,20,24H,3-11H2,1-2H3/t12-,13?,14?,17+,20-/m1/s1. The largest absolute Gasteiger partial charge is 0.511 e. The molecule has 0 aromatic heterocycles. The van der Waals surface area contributed by atoms with Crippen molar-refractivity contribution in [3.05, 3.63) is 10.6 Å². The van der Waals surface area contributed by atoms with Gasteiger partial charge in [0.25, 0.3) is 0 Å². The predicted octanol–water partition coefficient (Wildman–Crippen LogP) is 2.91. The van der Waals surface area contributed by atoms with Crippen LogP contribution in [0.2, 0.25) is 0 Å². The van der Waals surface area contributed by atoms with E-state index < -0.39 is 30.4 Å². The van der Waals surface area contributed by atoms with Gasteiger partial charge in [-0.15, -0.1) is 11.8 Å². The number of hydrogen-bond donors (Lipinski definition) is 1. The molecule has 1 aliphatic carbocycles. The van der Waals surface area contributed by atoms with Crippen molar-refractivity contribution in [2.75, 3.05) is 13.2 Å². The van der Waals surface area contributed by atoms with Crippen LogP contribution in [0, 0.1) is 11.8 Å². The molecule has 2 saturated heterocycles. The molecule has 0 spiro atoms. The maximum Gasteiger partial charge on any atom is 0.511 e. The summed E-state index contributed by atoms with van der Waals surface area (Å²) in [4.78, 5) is 39.9. The SMILES string of the molecule is CC(OC(=O)OC1CCCCC1)OC(=O)C1=C(CC2CCOC2)S[C@@H]2[C@@H]([C@@H](C)O)C(=O)N12. The van der Waals surface area contributed by atoms with Gasteiger partial charge >= 0.3 is 12.1 Å². The summed E-state index contributed by atoms with van der Waals surface area (Å²) in [6.45, 7) is 4.31. The van der Waals surface area contributed by atoms with E-state index in [9.17, 15) is 19.5 Å². The molecule has 2 unspecified atom stereocenters. The van der Waals surface area contributed by atoms with Crippen LogP contribution >= 0.6 is 11.8 Å². The molecule has 3 fully saturated rings. The van der Waals surface area contributed by atoms with E-state index in [1.165, 1.54) is 23.6 Å². The second-order valence-electron chi connectivity index (χ2n) is 8.91. The molecule has 4 aliphatic rings. The van der Waals surface area contributed by atoms with Crippen molar-refractivity contribution < 1.29 is 38.4 Å². The van der Waals surface area contributed by atoms with Crippen LogP contribution in [0.4, 0.5) is 4.79 Å². The normalized spacial score (nSPS) is 29.9. The number of ether oxygens (including phenoxy) is 4. The summed E-state index contributed by atoms with van der Waals surface area (Å²) >= 11 is 1.42. The average Bonchev–Trinajstić information content (AvgIpc) is 3.34. The van der Waals surface area contributed by atoms with Crippen molar-refractivity contribution in [3.63, 3.8) is 0 Å². The molecular formula is C22H31NO8S. The van der Waals surface area contributed by atoms with Gasteiger partial charge in [0, 0.05) is 25.0 Å². The zero-order valence-electron chi connectivity index (χ0n) is 18.5.